The number of amidine groups is 1. The Morgan fingerprint density at radius 3 is 2.61 bits per heavy atom. The van der Waals surface area contributed by atoms with Crippen molar-refractivity contribution in [3.8, 4) is 0 Å². The zero-order valence-corrected chi connectivity index (χ0v) is 18.6. The van der Waals surface area contributed by atoms with Crippen LogP contribution in [0.3, 0.4) is 0 Å². The molecule has 1 aliphatic rings. The van der Waals surface area contributed by atoms with Gasteiger partial charge in [-0.05, 0) is 51.5 Å². The maximum atomic E-state index is 15.3. The zero-order chi connectivity index (χ0) is 22.3. The van der Waals surface area contributed by atoms with Crippen LogP contribution < -0.4 is 21.3 Å². The number of nitrogens with two attached hydrogens (primary N) is 1. The first kappa shape index (κ1) is 21.0. The van der Waals surface area contributed by atoms with Crippen molar-refractivity contribution < 1.29 is 4.39 Å². The summed E-state index contributed by atoms with van der Waals surface area (Å²) in [7, 11) is 1.75. The van der Waals surface area contributed by atoms with Crippen LogP contribution in [0.1, 0.15) is 30.7 Å². The van der Waals surface area contributed by atoms with Crippen LogP contribution in [0, 0.1) is 19.7 Å². The van der Waals surface area contributed by atoms with Crippen molar-refractivity contribution in [1.82, 2.24) is 19.9 Å². The number of anilines is 2. The molecule has 0 bridgehead atoms. The summed E-state index contributed by atoms with van der Waals surface area (Å²) in [6, 6.07) is 5.90. The highest BCUT2D eigenvalue weighted by Gasteiger charge is 2.23. The third-order valence-electron chi connectivity index (χ3n) is 5.48. The minimum atomic E-state index is -0.418. The Balaban J connectivity index is 1.71. The van der Waals surface area contributed by atoms with Crippen LogP contribution in [-0.4, -0.2) is 52.7 Å². The van der Waals surface area contributed by atoms with Crippen molar-refractivity contribution in [3.05, 3.63) is 47.0 Å². The Morgan fingerprint density at radius 1 is 1.23 bits per heavy atom. The van der Waals surface area contributed by atoms with Crippen LogP contribution in [0.15, 0.2) is 29.4 Å². The fourth-order valence-electron chi connectivity index (χ4n) is 4.23. The number of imidazole rings is 1. The summed E-state index contributed by atoms with van der Waals surface area (Å²) in [5.41, 5.74) is 10.5. The van der Waals surface area contributed by atoms with Crippen molar-refractivity contribution in [3.63, 3.8) is 0 Å². The molecule has 0 aliphatic carbocycles. The van der Waals surface area contributed by atoms with E-state index in [0.29, 0.717) is 23.6 Å². The van der Waals surface area contributed by atoms with Gasteiger partial charge < -0.3 is 21.3 Å². The predicted octanol–water partition coefficient (Wildman–Crippen LogP) is 2.75. The van der Waals surface area contributed by atoms with E-state index in [1.165, 1.54) is 6.07 Å². The maximum absolute atomic E-state index is 15.3. The summed E-state index contributed by atoms with van der Waals surface area (Å²) < 4.78 is 16.9. The number of aliphatic imine (C=N–C) groups is 1. The molecule has 4 N–H and O–H groups in total. The number of hydrogen-bond donors (Lipinski definition) is 3. The molecule has 1 aliphatic heterocycles. The normalized spacial score (nSPS) is 19.8. The van der Waals surface area contributed by atoms with E-state index in [2.05, 4.69) is 44.5 Å². The van der Waals surface area contributed by atoms with Crippen molar-refractivity contribution in [2.24, 2.45) is 10.7 Å². The number of aryl methyl sites for hydroxylation is 2. The monoisotopic (exact) mass is 424 g/mol. The van der Waals surface area contributed by atoms with Gasteiger partial charge in [-0.3, -0.25) is 0 Å². The van der Waals surface area contributed by atoms with Crippen LogP contribution in [-0.2, 0) is 0 Å². The molecule has 0 radical (unpaired) electrons. The van der Waals surface area contributed by atoms with Gasteiger partial charge in [-0.25, -0.2) is 18.9 Å². The number of fused-ring (bicyclic) bond motifs is 1. The summed E-state index contributed by atoms with van der Waals surface area (Å²) in [5, 5.41) is 11.0. The Bertz CT molecular complexity index is 1140. The van der Waals surface area contributed by atoms with Crippen LogP contribution >= 0.6 is 0 Å². The molecule has 2 aromatic heterocycles. The SMILES string of the molecule is CNc1cc(N2CC(C)NC(C)C2)cc(F)c1C(N)=Nc1cc(C)c2nc(C)cn2n1. The van der Waals surface area contributed by atoms with E-state index in [9.17, 15) is 0 Å². The van der Waals surface area contributed by atoms with E-state index in [4.69, 9.17) is 5.73 Å². The standard InChI is InChI=1S/C22H29FN8/c1-12-6-19(29-31-11-15(4)27-22(12)31)28-21(24)20-17(23)7-16(8-18(20)25-5)30-9-13(2)26-14(3)10-30/h6-8,11,13-14,25-26H,9-10H2,1-5H3,(H2,24,28,29). The molecule has 0 amide bonds. The van der Waals surface area contributed by atoms with Crippen LogP contribution in [0.25, 0.3) is 5.65 Å². The molecule has 0 spiro atoms. The third-order valence-corrected chi connectivity index (χ3v) is 5.48. The average molecular weight is 425 g/mol. The summed E-state index contributed by atoms with van der Waals surface area (Å²) in [6.07, 6.45) is 1.82. The van der Waals surface area contributed by atoms with Gasteiger partial charge in [0.25, 0.3) is 0 Å². The lowest BCUT2D eigenvalue weighted by Gasteiger charge is -2.38. The molecule has 8 nitrogen and oxygen atoms in total. The largest absolute Gasteiger partial charge is 0.387 e. The Kier molecular flexibility index (Phi) is 5.53. The number of halogens is 1. The lowest BCUT2D eigenvalue weighted by Crippen LogP contribution is -2.54. The van der Waals surface area contributed by atoms with Crippen molar-refractivity contribution in [2.75, 3.05) is 30.4 Å². The second-order valence-electron chi connectivity index (χ2n) is 8.31. The summed E-state index contributed by atoms with van der Waals surface area (Å²) >= 11 is 0. The molecule has 4 rings (SSSR count). The molecule has 31 heavy (non-hydrogen) atoms. The van der Waals surface area contributed by atoms with Crippen LogP contribution in [0.5, 0.6) is 0 Å². The second-order valence-corrected chi connectivity index (χ2v) is 8.31. The van der Waals surface area contributed by atoms with Gasteiger partial charge in [-0.2, -0.15) is 0 Å². The van der Waals surface area contributed by atoms with Crippen molar-refractivity contribution in [2.45, 2.75) is 39.8 Å². The second kappa shape index (κ2) is 8.14. The zero-order valence-electron chi connectivity index (χ0n) is 18.6. The predicted molar refractivity (Wildman–Crippen MR) is 123 cm³/mol. The Labute approximate surface area is 181 Å². The molecule has 9 heteroatoms. The topological polar surface area (TPSA) is 95.9 Å². The quantitative estimate of drug-likeness (QED) is 0.440. The lowest BCUT2D eigenvalue weighted by molar-refractivity contribution is 0.406. The molecule has 1 saturated heterocycles. The van der Waals surface area contributed by atoms with Gasteiger partial charge in [0.2, 0.25) is 0 Å². The van der Waals surface area contributed by atoms with E-state index in [1.54, 1.807) is 17.6 Å². The highest BCUT2D eigenvalue weighted by Crippen LogP contribution is 2.29. The van der Waals surface area contributed by atoms with Crippen LogP contribution in [0.2, 0.25) is 0 Å². The number of aromatic nitrogens is 3. The smallest absolute Gasteiger partial charge is 0.175 e. The maximum Gasteiger partial charge on any atom is 0.175 e. The van der Waals surface area contributed by atoms with Crippen molar-refractivity contribution >= 4 is 28.7 Å². The molecular weight excluding hydrogens is 395 g/mol. The number of benzene rings is 1. The van der Waals surface area contributed by atoms with Gasteiger partial charge in [0.05, 0.1) is 17.5 Å². The minimum absolute atomic E-state index is 0.0681. The highest BCUT2D eigenvalue weighted by molar-refractivity contribution is 6.04. The Morgan fingerprint density at radius 2 is 1.94 bits per heavy atom. The number of rotatable bonds is 4. The number of nitrogens with zero attached hydrogens (tertiary/aromatic N) is 5. The summed E-state index contributed by atoms with van der Waals surface area (Å²) in [4.78, 5) is 11.0. The number of piperazine rings is 1. The molecule has 1 fully saturated rings. The van der Waals surface area contributed by atoms with E-state index in [-0.39, 0.29) is 11.4 Å². The first-order valence-corrected chi connectivity index (χ1v) is 10.5. The fourth-order valence-corrected chi connectivity index (χ4v) is 4.23. The van der Waals surface area contributed by atoms with E-state index >= 15 is 4.39 Å². The summed E-state index contributed by atoms with van der Waals surface area (Å²) in [5.74, 6) is 0.0481. The molecule has 2 atom stereocenters. The molecule has 0 saturated carbocycles. The van der Waals surface area contributed by atoms with Gasteiger partial charge in [-0.15, -0.1) is 5.10 Å². The molecule has 1 aromatic carbocycles. The molecule has 164 valence electrons. The first-order chi connectivity index (χ1) is 14.7. The van der Waals surface area contributed by atoms with Gasteiger partial charge >= 0.3 is 0 Å². The van der Waals surface area contributed by atoms with Crippen LogP contribution in [0.4, 0.5) is 21.6 Å². The number of hydrogen-bond acceptors (Lipinski definition) is 6. The van der Waals surface area contributed by atoms with Gasteiger partial charge in [0, 0.05) is 43.6 Å². The molecule has 3 aromatic rings. The van der Waals surface area contributed by atoms with E-state index < -0.39 is 5.82 Å². The van der Waals surface area contributed by atoms with Crippen molar-refractivity contribution in [1.29, 1.82) is 0 Å². The van der Waals surface area contributed by atoms with E-state index in [0.717, 1.165) is 35.7 Å². The summed E-state index contributed by atoms with van der Waals surface area (Å²) in [6.45, 7) is 9.71. The Hall–Kier alpha value is -3.20. The van der Waals surface area contributed by atoms with E-state index in [1.807, 2.05) is 26.1 Å². The number of nitrogens with one attached hydrogen (secondary N) is 2. The molecular formula is C22H29FN8. The minimum Gasteiger partial charge on any atom is -0.387 e. The van der Waals surface area contributed by atoms with Gasteiger partial charge in [-0.1, -0.05) is 0 Å². The fraction of sp³-hybridized carbons (Fsp3) is 0.409. The average Bonchev–Trinajstić information content (AvgIpc) is 3.07. The van der Waals surface area contributed by atoms with Gasteiger partial charge in [0.15, 0.2) is 11.5 Å². The molecule has 2 unspecified atom stereocenters. The molecule has 3 heterocycles. The van der Waals surface area contributed by atoms with Gasteiger partial charge in [0.1, 0.15) is 11.7 Å². The first-order valence-electron chi connectivity index (χ1n) is 10.5. The lowest BCUT2D eigenvalue weighted by atomic mass is 10.1. The highest BCUT2D eigenvalue weighted by atomic mass is 19.1. The third kappa shape index (κ3) is 4.18.